The summed E-state index contributed by atoms with van der Waals surface area (Å²) in [5, 5.41) is 9.52. The number of hydrogen-bond donors (Lipinski definition) is 2. The fourth-order valence-corrected chi connectivity index (χ4v) is 2.20. The Bertz CT molecular complexity index is 161. The van der Waals surface area contributed by atoms with Gasteiger partial charge in [0.1, 0.15) is 0 Å². The number of aliphatic hydroxyl groups excluding tert-OH is 1. The van der Waals surface area contributed by atoms with E-state index in [-0.39, 0.29) is 6.10 Å². The van der Waals surface area contributed by atoms with Crippen molar-refractivity contribution in [2.24, 2.45) is 11.7 Å². The Morgan fingerprint density at radius 3 is 2.79 bits per heavy atom. The summed E-state index contributed by atoms with van der Waals surface area (Å²) >= 11 is 0. The monoisotopic (exact) mass is 200 g/mol. The first-order valence-corrected chi connectivity index (χ1v) is 5.79. The van der Waals surface area contributed by atoms with Crippen LogP contribution in [0.1, 0.15) is 33.1 Å². The highest BCUT2D eigenvalue weighted by atomic mass is 16.3. The Balaban J connectivity index is 2.40. The van der Waals surface area contributed by atoms with E-state index in [1.54, 1.807) is 0 Å². The summed E-state index contributed by atoms with van der Waals surface area (Å²) in [7, 11) is 0. The van der Waals surface area contributed by atoms with Gasteiger partial charge in [0, 0.05) is 25.7 Å². The van der Waals surface area contributed by atoms with Gasteiger partial charge in [-0.15, -0.1) is 0 Å². The molecule has 1 heterocycles. The summed E-state index contributed by atoms with van der Waals surface area (Å²) < 4.78 is 0. The van der Waals surface area contributed by atoms with Gasteiger partial charge in [-0.1, -0.05) is 13.3 Å². The number of rotatable bonds is 4. The van der Waals surface area contributed by atoms with Crippen LogP contribution in [0.2, 0.25) is 0 Å². The number of nitrogens with zero attached hydrogens (tertiary/aromatic N) is 1. The Labute approximate surface area is 87.3 Å². The Morgan fingerprint density at radius 2 is 2.21 bits per heavy atom. The average molecular weight is 200 g/mol. The summed E-state index contributed by atoms with van der Waals surface area (Å²) in [6.07, 6.45) is 3.50. The molecule has 3 unspecified atom stereocenters. The molecule has 0 radical (unpaired) electrons. The molecule has 84 valence electrons. The van der Waals surface area contributed by atoms with Crippen molar-refractivity contribution in [1.29, 1.82) is 0 Å². The fourth-order valence-electron chi connectivity index (χ4n) is 2.20. The summed E-state index contributed by atoms with van der Waals surface area (Å²) in [5.74, 6) is 0.816. The second kappa shape index (κ2) is 5.69. The van der Waals surface area contributed by atoms with E-state index < -0.39 is 0 Å². The molecule has 0 saturated carbocycles. The highest BCUT2D eigenvalue weighted by molar-refractivity contribution is 4.80. The minimum absolute atomic E-state index is 0.354. The zero-order chi connectivity index (χ0) is 10.6. The number of β-amino-alcohol motifs (C(OH)–C–C–N with tert-alkyl or cyclic N) is 1. The van der Waals surface area contributed by atoms with Crippen molar-refractivity contribution in [1.82, 2.24) is 4.90 Å². The van der Waals surface area contributed by atoms with Crippen LogP contribution in [0, 0.1) is 5.92 Å². The smallest absolute Gasteiger partial charge is 0.0789 e. The Morgan fingerprint density at radius 1 is 1.50 bits per heavy atom. The van der Waals surface area contributed by atoms with Crippen LogP contribution in [0.3, 0.4) is 0 Å². The van der Waals surface area contributed by atoms with Crippen molar-refractivity contribution < 1.29 is 5.11 Å². The number of piperidine rings is 1. The van der Waals surface area contributed by atoms with Gasteiger partial charge in [-0.05, 0) is 25.7 Å². The van der Waals surface area contributed by atoms with Gasteiger partial charge in [0.05, 0.1) is 6.10 Å². The average Bonchev–Trinajstić information content (AvgIpc) is 2.21. The van der Waals surface area contributed by atoms with Crippen LogP contribution in [0.4, 0.5) is 0 Å². The van der Waals surface area contributed by atoms with Crippen molar-refractivity contribution in [2.75, 3.05) is 19.6 Å². The molecule has 1 rings (SSSR count). The van der Waals surface area contributed by atoms with Gasteiger partial charge < -0.3 is 10.8 Å². The van der Waals surface area contributed by atoms with E-state index in [2.05, 4.69) is 18.7 Å². The summed E-state index contributed by atoms with van der Waals surface area (Å²) in [4.78, 5) is 2.38. The van der Waals surface area contributed by atoms with Gasteiger partial charge in [0.2, 0.25) is 0 Å². The lowest BCUT2D eigenvalue weighted by Crippen LogP contribution is -2.46. The van der Waals surface area contributed by atoms with Gasteiger partial charge in [0.15, 0.2) is 0 Å². The van der Waals surface area contributed by atoms with E-state index in [1.165, 1.54) is 19.3 Å². The summed E-state index contributed by atoms with van der Waals surface area (Å²) in [6.45, 7) is 6.75. The molecule has 14 heavy (non-hydrogen) atoms. The number of nitrogens with two attached hydrogens (primary N) is 1. The van der Waals surface area contributed by atoms with Crippen molar-refractivity contribution in [3.05, 3.63) is 0 Å². The molecule has 0 aromatic carbocycles. The highest BCUT2D eigenvalue weighted by Gasteiger charge is 2.25. The molecule has 3 N–H and O–H groups in total. The maximum atomic E-state index is 9.52. The zero-order valence-electron chi connectivity index (χ0n) is 9.45. The second-order valence-electron chi connectivity index (χ2n) is 4.54. The lowest BCUT2D eigenvalue weighted by molar-refractivity contribution is 0.0565. The van der Waals surface area contributed by atoms with E-state index in [0.29, 0.717) is 12.6 Å². The normalized spacial score (nSPS) is 31.7. The molecule has 0 aliphatic carbocycles. The molecular weight excluding hydrogens is 176 g/mol. The molecule has 1 saturated heterocycles. The Hall–Kier alpha value is -0.120. The van der Waals surface area contributed by atoms with Crippen LogP contribution in [-0.4, -0.2) is 41.8 Å². The van der Waals surface area contributed by atoms with E-state index in [4.69, 9.17) is 5.73 Å². The zero-order valence-corrected chi connectivity index (χ0v) is 9.45. The van der Waals surface area contributed by atoms with Gasteiger partial charge in [-0.2, -0.15) is 0 Å². The fraction of sp³-hybridized carbons (Fsp3) is 1.00. The predicted molar refractivity (Wildman–Crippen MR) is 59.1 cm³/mol. The van der Waals surface area contributed by atoms with Crippen LogP contribution in [0.15, 0.2) is 0 Å². The molecule has 1 fully saturated rings. The van der Waals surface area contributed by atoms with Crippen molar-refractivity contribution >= 4 is 0 Å². The maximum Gasteiger partial charge on any atom is 0.0789 e. The summed E-state index contributed by atoms with van der Waals surface area (Å²) in [6, 6.07) is 0.610. The van der Waals surface area contributed by atoms with Crippen molar-refractivity contribution in [2.45, 2.75) is 45.3 Å². The van der Waals surface area contributed by atoms with Crippen molar-refractivity contribution in [3.63, 3.8) is 0 Å². The topological polar surface area (TPSA) is 49.5 Å². The van der Waals surface area contributed by atoms with E-state index >= 15 is 0 Å². The number of hydrogen-bond acceptors (Lipinski definition) is 3. The molecule has 3 atom stereocenters. The van der Waals surface area contributed by atoms with Crippen LogP contribution in [0.5, 0.6) is 0 Å². The molecule has 0 spiro atoms. The molecule has 3 nitrogen and oxygen atoms in total. The first-order valence-electron chi connectivity index (χ1n) is 5.79. The predicted octanol–water partition coefficient (Wildman–Crippen LogP) is 0.817. The number of likely N-dealkylation sites (tertiary alicyclic amines) is 1. The lowest BCUT2D eigenvalue weighted by Gasteiger charge is -2.38. The van der Waals surface area contributed by atoms with Crippen molar-refractivity contribution in [3.8, 4) is 0 Å². The minimum Gasteiger partial charge on any atom is -0.390 e. The third-order valence-electron chi connectivity index (χ3n) is 3.40. The molecule has 3 heteroatoms. The van der Waals surface area contributed by atoms with E-state index in [9.17, 15) is 5.11 Å². The SMILES string of the molecule is CCC1CCC(C)N(CC(O)CN)C1. The molecule has 0 bridgehead atoms. The van der Waals surface area contributed by atoms with Crippen LogP contribution in [-0.2, 0) is 0 Å². The molecule has 0 aromatic heterocycles. The lowest BCUT2D eigenvalue weighted by atomic mass is 9.91. The molecule has 0 amide bonds. The Kier molecular flexibility index (Phi) is 4.85. The molecular formula is C11H24N2O. The van der Waals surface area contributed by atoms with Crippen LogP contribution in [0.25, 0.3) is 0 Å². The van der Waals surface area contributed by atoms with Gasteiger partial charge in [0.25, 0.3) is 0 Å². The van der Waals surface area contributed by atoms with Gasteiger partial charge in [-0.25, -0.2) is 0 Å². The summed E-state index contributed by atoms with van der Waals surface area (Å²) in [5.41, 5.74) is 5.43. The minimum atomic E-state index is -0.354. The van der Waals surface area contributed by atoms with E-state index in [0.717, 1.165) is 19.0 Å². The van der Waals surface area contributed by atoms with E-state index in [1.807, 2.05) is 0 Å². The largest absolute Gasteiger partial charge is 0.390 e. The molecule has 1 aliphatic rings. The highest BCUT2D eigenvalue weighted by Crippen LogP contribution is 2.23. The quantitative estimate of drug-likeness (QED) is 0.706. The number of aliphatic hydroxyl groups is 1. The van der Waals surface area contributed by atoms with Gasteiger partial charge in [-0.3, -0.25) is 4.90 Å². The third kappa shape index (κ3) is 3.23. The van der Waals surface area contributed by atoms with Crippen LogP contribution < -0.4 is 5.73 Å². The maximum absolute atomic E-state index is 9.52. The first-order chi connectivity index (χ1) is 6.67. The molecule has 0 aromatic rings. The second-order valence-corrected chi connectivity index (χ2v) is 4.54. The van der Waals surface area contributed by atoms with Crippen LogP contribution >= 0.6 is 0 Å². The first kappa shape index (κ1) is 12.0. The third-order valence-corrected chi connectivity index (χ3v) is 3.40. The standard InChI is InChI=1S/C11H24N2O/c1-3-10-5-4-9(2)13(7-10)8-11(14)6-12/h9-11,14H,3-8,12H2,1-2H3. The van der Waals surface area contributed by atoms with Gasteiger partial charge >= 0.3 is 0 Å². The molecule has 1 aliphatic heterocycles.